The quantitative estimate of drug-likeness (QED) is 0.853. The standard InChI is InChI=1S/C19H29N5/c1-13(2)8-9-14(3)21-15-10-11-24(12-15)18-16-6-4-5-7-17(16)22-19(20)23-18/h4-7,13-15,21H,8-12H2,1-3H3,(H2,20,22,23). The Morgan fingerprint density at radius 2 is 2.00 bits per heavy atom. The molecule has 3 N–H and O–H groups in total. The lowest BCUT2D eigenvalue weighted by Crippen LogP contribution is -2.38. The Kier molecular flexibility index (Phi) is 5.19. The molecule has 3 rings (SSSR count). The molecular formula is C19H29N5. The van der Waals surface area contributed by atoms with Crippen LogP contribution in [-0.2, 0) is 0 Å². The number of hydrogen-bond donors (Lipinski definition) is 2. The van der Waals surface area contributed by atoms with Gasteiger partial charge in [-0.15, -0.1) is 0 Å². The summed E-state index contributed by atoms with van der Waals surface area (Å²) < 4.78 is 0. The van der Waals surface area contributed by atoms with Crippen LogP contribution in [0.3, 0.4) is 0 Å². The van der Waals surface area contributed by atoms with Crippen LogP contribution in [0.25, 0.3) is 10.9 Å². The van der Waals surface area contributed by atoms with Gasteiger partial charge in [0.2, 0.25) is 5.95 Å². The van der Waals surface area contributed by atoms with Gasteiger partial charge in [0.25, 0.3) is 0 Å². The summed E-state index contributed by atoms with van der Waals surface area (Å²) in [6.07, 6.45) is 3.65. The van der Waals surface area contributed by atoms with E-state index in [0.29, 0.717) is 18.0 Å². The molecule has 1 aromatic heterocycles. The molecule has 5 nitrogen and oxygen atoms in total. The lowest BCUT2D eigenvalue weighted by Gasteiger charge is -2.22. The van der Waals surface area contributed by atoms with E-state index in [9.17, 15) is 0 Å². The van der Waals surface area contributed by atoms with Crippen molar-refractivity contribution in [3.8, 4) is 0 Å². The number of aromatic nitrogens is 2. The zero-order valence-electron chi connectivity index (χ0n) is 15.0. The van der Waals surface area contributed by atoms with Gasteiger partial charge in [-0.05, 0) is 44.2 Å². The molecule has 0 radical (unpaired) electrons. The van der Waals surface area contributed by atoms with Crippen LogP contribution in [0.5, 0.6) is 0 Å². The fourth-order valence-electron chi connectivity index (χ4n) is 3.48. The number of benzene rings is 1. The molecule has 0 spiro atoms. The molecule has 1 aliphatic rings. The van der Waals surface area contributed by atoms with Crippen molar-refractivity contribution in [2.75, 3.05) is 23.7 Å². The average molecular weight is 327 g/mol. The third kappa shape index (κ3) is 3.96. The van der Waals surface area contributed by atoms with Crippen molar-refractivity contribution in [3.05, 3.63) is 24.3 Å². The Hall–Kier alpha value is -1.88. The number of rotatable bonds is 6. The molecule has 2 aromatic rings. The third-order valence-electron chi connectivity index (χ3n) is 4.79. The number of hydrogen-bond acceptors (Lipinski definition) is 5. The molecule has 2 atom stereocenters. The van der Waals surface area contributed by atoms with Crippen LogP contribution in [0.15, 0.2) is 24.3 Å². The summed E-state index contributed by atoms with van der Waals surface area (Å²) in [7, 11) is 0. The summed E-state index contributed by atoms with van der Waals surface area (Å²) in [5.74, 6) is 2.09. The lowest BCUT2D eigenvalue weighted by molar-refractivity contribution is 0.412. The molecule has 0 saturated carbocycles. The van der Waals surface area contributed by atoms with Crippen molar-refractivity contribution in [1.82, 2.24) is 15.3 Å². The van der Waals surface area contributed by atoms with Crippen LogP contribution >= 0.6 is 0 Å². The second-order valence-corrected chi connectivity index (χ2v) is 7.39. The number of nitrogen functional groups attached to an aromatic ring is 1. The van der Waals surface area contributed by atoms with Crippen molar-refractivity contribution in [2.24, 2.45) is 5.92 Å². The molecule has 2 heterocycles. The van der Waals surface area contributed by atoms with Gasteiger partial charge < -0.3 is 16.0 Å². The molecule has 0 amide bonds. The number of nitrogens with two attached hydrogens (primary N) is 1. The Bertz CT molecular complexity index is 685. The fraction of sp³-hybridized carbons (Fsp3) is 0.579. The van der Waals surface area contributed by atoms with E-state index in [1.807, 2.05) is 18.2 Å². The lowest BCUT2D eigenvalue weighted by atomic mass is 10.0. The van der Waals surface area contributed by atoms with Gasteiger partial charge in [0, 0.05) is 30.6 Å². The number of nitrogens with one attached hydrogen (secondary N) is 1. The number of anilines is 2. The number of fused-ring (bicyclic) bond motifs is 1. The van der Waals surface area contributed by atoms with Crippen molar-refractivity contribution in [2.45, 2.75) is 52.1 Å². The SMILES string of the molecule is CC(C)CCC(C)NC1CCN(c2nc(N)nc3ccccc23)C1. The molecule has 5 heteroatoms. The van der Waals surface area contributed by atoms with Gasteiger partial charge in [-0.1, -0.05) is 26.0 Å². The Labute approximate surface area is 144 Å². The zero-order chi connectivity index (χ0) is 17.1. The first kappa shape index (κ1) is 17.0. The van der Waals surface area contributed by atoms with Crippen LogP contribution in [0.2, 0.25) is 0 Å². The summed E-state index contributed by atoms with van der Waals surface area (Å²) >= 11 is 0. The summed E-state index contributed by atoms with van der Waals surface area (Å²) in [4.78, 5) is 11.2. The fourth-order valence-corrected chi connectivity index (χ4v) is 3.48. The van der Waals surface area contributed by atoms with Gasteiger partial charge in [0.15, 0.2) is 0 Å². The van der Waals surface area contributed by atoms with Crippen molar-refractivity contribution in [1.29, 1.82) is 0 Å². The van der Waals surface area contributed by atoms with Crippen LogP contribution < -0.4 is 16.0 Å². The predicted octanol–water partition coefficient (Wildman–Crippen LogP) is 3.21. The monoisotopic (exact) mass is 327 g/mol. The van der Waals surface area contributed by atoms with Gasteiger partial charge in [0.05, 0.1) is 5.52 Å². The summed E-state index contributed by atoms with van der Waals surface area (Å²) in [5, 5.41) is 4.86. The molecule has 1 aromatic carbocycles. The second kappa shape index (κ2) is 7.34. The largest absolute Gasteiger partial charge is 0.368 e. The first-order valence-electron chi connectivity index (χ1n) is 9.06. The minimum absolute atomic E-state index is 0.352. The number of nitrogens with zero attached hydrogens (tertiary/aromatic N) is 3. The van der Waals surface area contributed by atoms with Crippen LogP contribution in [-0.4, -0.2) is 35.1 Å². The van der Waals surface area contributed by atoms with Crippen molar-refractivity contribution < 1.29 is 0 Å². The number of para-hydroxylation sites is 1. The molecular weight excluding hydrogens is 298 g/mol. The second-order valence-electron chi connectivity index (χ2n) is 7.39. The average Bonchev–Trinajstić information content (AvgIpc) is 3.00. The van der Waals surface area contributed by atoms with E-state index in [0.717, 1.165) is 42.1 Å². The highest BCUT2D eigenvalue weighted by Gasteiger charge is 2.26. The van der Waals surface area contributed by atoms with Crippen LogP contribution in [0.1, 0.15) is 40.0 Å². The molecule has 0 aliphatic carbocycles. The van der Waals surface area contributed by atoms with E-state index in [4.69, 9.17) is 5.73 Å². The highest BCUT2D eigenvalue weighted by molar-refractivity contribution is 5.90. The first-order chi connectivity index (χ1) is 11.5. The first-order valence-corrected chi connectivity index (χ1v) is 9.06. The minimum atomic E-state index is 0.352. The molecule has 1 aliphatic heterocycles. The predicted molar refractivity (Wildman–Crippen MR) is 101 cm³/mol. The van der Waals surface area contributed by atoms with Crippen molar-refractivity contribution in [3.63, 3.8) is 0 Å². The normalized spacial score (nSPS) is 19.3. The summed E-state index contributed by atoms with van der Waals surface area (Å²) in [5.41, 5.74) is 6.83. The summed E-state index contributed by atoms with van der Waals surface area (Å²) in [6, 6.07) is 9.17. The van der Waals surface area contributed by atoms with Gasteiger partial charge in [-0.3, -0.25) is 0 Å². The molecule has 1 saturated heterocycles. The van der Waals surface area contributed by atoms with Crippen molar-refractivity contribution >= 4 is 22.7 Å². The summed E-state index contributed by atoms with van der Waals surface area (Å²) in [6.45, 7) is 8.86. The van der Waals surface area contributed by atoms with E-state index in [2.05, 4.69) is 47.0 Å². The Morgan fingerprint density at radius 3 is 2.79 bits per heavy atom. The molecule has 0 bridgehead atoms. The Balaban J connectivity index is 1.68. The van der Waals surface area contributed by atoms with Gasteiger partial charge in [0.1, 0.15) is 5.82 Å². The van der Waals surface area contributed by atoms with E-state index < -0.39 is 0 Å². The van der Waals surface area contributed by atoms with E-state index >= 15 is 0 Å². The smallest absolute Gasteiger partial charge is 0.222 e. The molecule has 130 valence electrons. The molecule has 2 unspecified atom stereocenters. The van der Waals surface area contributed by atoms with E-state index in [1.165, 1.54) is 12.8 Å². The maximum atomic E-state index is 5.91. The highest BCUT2D eigenvalue weighted by atomic mass is 15.3. The third-order valence-corrected chi connectivity index (χ3v) is 4.79. The van der Waals surface area contributed by atoms with Gasteiger partial charge >= 0.3 is 0 Å². The minimum Gasteiger partial charge on any atom is -0.368 e. The van der Waals surface area contributed by atoms with Crippen LogP contribution in [0.4, 0.5) is 11.8 Å². The Morgan fingerprint density at radius 1 is 1.21 bits per heavy atom. The molecule has 24 heavy (non-hydrogen) atoms. The highest BCUT2D eigenvalue weighted by Crippen LogP contribution is 2.27. The maximum absolute atomic E-state index is 5.91. The molecule has 1 fully saturated rings. The van der Waals surface area contributed by atoms with Gasteiger partial charge in [-0.2, -0.15) is 4.98 Å². The topological polar surface area (TPSA) is 67.1 Å². The van der Waals surface area contributed by atoms with E-state index in [1.54, 1.807) is 0 Å². The van der Waals surface area contributed by atoms with Crippen LogP contribution in [0, 0.1) is 5.92 Å². The zero-order valence-corrected chi connectivity index (χ0v) is 15.0. The van der Waals surface area contributed by atoms with E-state index in [-0.39, 0.29) is 0 Å². The maximum Gasteiger partial charge on any atom is 0.222 e. The van der Waals surface area contributed by atoms with Gasteiger partial charge in [-0.25, -0.2) is 4.98 Å².